The Hall–Kier alpha value is -2.83. The van der Waals surface area contributed by atoms with Gasteiger partial charge in [0.1, 0.15) is 18.1 Å². The van der Waals surface area contributed by atoms with Gasteiger partial charge in [0.25, 0.3) is 0 Å². The van der Waals surface area contributed by atoms with Crippen LogP contribution in [0.1, 0.15) is 25.5 Å². The van der Waals surface area contributed by atoms with Crippen LogP contribution in [0.5, 0.6) is 5.75 Å². The monoisotopic (exact) mass is 314 g/mol. The van der Waals surface area contributed by atoms with Crippen LogP contribution in [0.3, 0.4) is 0 Å². The summed E-state index contributed by atoms with van der Waals surface area (Å²) in [5.74, 6) is 0.929. The molecule has 7 nitrogen and oxygen atoms in total. The zero-order valence-electron chi connectivity index (χ0n) is 13.2. The highest BCUT2D eigenvalue weighted by Crippen LogP contribution is 2.36. The minimum absolute atomic E-state index is 0.310. The maximum absolute atomic E-state index is 12.5. The molecule has 1 aliphatic heterocycles. The van der Waals surface area contributed by atoms with Crippen molar-refractivity contribution in [2.45, 2.75) is 19.9 Å². The van der Waals surface area contributed by atoms with E-state index in [4.69, 9.17) is 9.47 Å². The number of aromatic nitrogens is 3. The second-order valence-electron chi connectivity index (χ2n) is 5.09. The van der Waals surface area contributed by atoms with Crippen molar-refractivity contribution in [3.8, 4) is 5.75 Å². The van der Waals surface area contributed by atoms with E-state index >= 15 is 0 Å². The standard InChI is InChI=1S/C16H18N4O3/c1-4-23-15(21)13-10(2)19-16-17-9-18-20(16)14(13)11-6-5-7-12(8-11)22-3/h5-9,14H,4H2,1-3H3,(H,17,18,19)/t14-/m1/s1. The zero-order valence-corrected chi connectivity index (χ0v) is 13.2. The van der Waals surface area contributed by atoms with E-state index in [0.717, 1.165) is 5.56 Å². The number of benzene rings is 1. The lowest BCUT2D eigenvalue weighted by atomic mass is 9.95. The van der Waals surface area contributed by atoms with E-state index in [1.165, 1.54) is 6.33 Å². The minimum Gasteiger partial charge on any atom is -0.497 e. The summed E-state index contributed by atoms with van der Waals surface area (Å²) >= 11 is 0. The Morgan fingerprint density at radius 1 is 1.43 bits per heavy atom. The summed E-state index contributed by atoms with van der Waals surface area (Å²) < 4.78 is 12.2. The number of esters is 1. The maximum Gasteiger partial charge on any atom is 0.338 e. The number of anilines is 1. The van der Waals surface area contributed by atoms with Crippen LogP contribution in [0.2, 0.25) is 0 Å². The SMILES string of the molecule is CCOC(=O)C1=C(C)Nc2ncnn2[C@@H]1c1cccc(OC)c1. The van der Waals surface area contributed by atoms with Crippen molar-refractivity contribution in [1.29, 1.82) is 0 Å². The van der Waals surface area contributed by atoms with Gasteiger partial charge in [0.2, 0.25) is 5.95 Å². The summed E-state index contributed by atoms with van der Waals surface area (Å²) in [4.78, 5) is 16.7. The molecular formula is C16H18N4O3. The highest BCUT2D eigenvalue weighted by Gasteiger charge is 2.34. The lowest BCUT2D eigenvalue weighted by Crippen LogP contribution is -2.29. The lowest BCUT2D eigenvalue weighted by molar-refractivity contribution is -0.139. The molecule has 2 heterocycles. The first-order valence-electron chi connectivity index (χ1n) is 7.34. The van der Waals surface area contributed by atoms with Crippen LogP contribution < -0.4 is 10.1 Å². The Kier molecular flexibility index (Phi) is 4.01. The number of nitrogens with one attached hydrogen (secondary N) is 1. The summed E-state index contributed by atoms with van der Waals surface area (Å²) in [6, 6.07) is 7.13. The fraction of sp³-hybridized carbons (Fsp3) is 0.312. The molecule has 0 amide bonds. The Morgan fingerprint density at radius 3 is 3.00 bits per heavy atom. The van der Waals surface area contributed by atoms with Gasteiger partial charge in [-0.2, -0.15) is 10.1 Å². The number of hydrogen-bond donors (Lipinski definition) is 1. The van der Waals surface area contributed by atoms with E-state index < -0.39 is 6.04 Å². The van der Waals surface area contributed by atoms with Gasteiger partial charge in [-0.25, -0.2) is 9.48 Å². The van der Waals surface area contributed by atoms with Crippen molar-refractivity contribution in [3.63, 3.8) is 0 Å². The smallest absolute Gasteiger partial charge is 0.338 e. The van der Waals surface area contributed by atoms with Crippen LogP contribution >= 0.6 is 0 Å². The van der Waals surface area contributed by atoms with E-state index in [9.17, 15) is 4.79 Å². The second kappa shape index (κ2) is 6.12. The molecule has 0 saturated carbocycles. The largest absolute Gasteiger partial charge is 0.497 e. The maximum atomic E-state index is 12.5. The third-order valence-corrected chi connectivity index (χ3v) is 3.70. The second-order valence-corrected chi connectivity index (χ2v) is 5.09. The van der Waals surface area contributed by atoms with Gasteiger partial charge in [-0.05, 0) is 31.5 Å². The lowest BCUT2D eigenvalue weighted by Gasteiger charge is -2.28. The molecular weight excluding hydrogens is 296 g/mol. The number of hydrogen-bond acceptors (Lipinski definition) is 6. The first kappa shape index (κ1) is 15.1. The molecule has 0 aliphatic carbocycles. The Labute approximate surface area is 133 Å². The predicted molar refractivity (Wildman–Crippen MR) is 84.1 cm³/mol. The van der Waals surface area contributed by atoms with E-state index in [1.807, 2.05) is 31.2 Å². The molecule has 23 heavy (non-hydrogen) atoms. The Morgan fingerprint density at radius 2 is 2.26 bits per heavy atom. The van der Waals surface area contributed by atoms with Gasteiger partial charge in [0.15, 0.2) is 0 Å². The molecule has 7 heteroatoms. The number of carbonyl (C=O) groups excluding carboxylic acids is 1. The molecule has 0 saturated heterocycles. The van der Waals surface area contributed by atoms with Crippen LogP contribution in [0.15, 0.2) is 41.9 Å². The predicted octanol–water partition coefficient (Wildman–Crippen LogP) is 2.14. The molecule has 0 bridgehead atoms. The third kappa shape index (κ3) is 2.65. The molecule has 3 rings (SSSR count). The Balaban J connectivity index is 2.14. The minimum atomic E-state index is -0.414. The highest BCUT2D eigenvalue weighted by molar-refractivity contribution is 5.92. The average Bonchev–Trinajstić information content (AvgIpc) is 3.01. The number of ether oxygens (including phenoxy) is 2. The molecule has 0 unspecified atom stereocenters. The van der Waals surface area contributed by atoms with Crippen molar-refractivity contribution in [3.05, 3.63) is 47.4 Å². The van der Waals surface area contributed by atoms with Gasteiger partial charge in [0, 0.05) is 5.70 Å². The molecule has 0 spiro atoms. The van der Waals surface area contributed by atoms with Gasteiger partial charge >= 0.3 is 5.97 Å². The summed E-state index contributed by atoms with van der Waals surface area (Å²) in [6.07, 6.45) is 1.46. The van der Waals surface area contributed by atoms with Crippen molar-refractivity contribution in [2.24, 2.45) is 0 Å². The first-order chi connectivity index (χ1) is 11.2. The topological polar surface area (TPSA) is 78.3 Å². The Bertz CT molecular complexity index is 766. The van der Waals surface area contributed by atoms with Gasteiger partial charge in [0.05, 0.1) is 19.3 Å². The average molecular weight is 314 g/mol. The molecule has 0 fully saturated rings. The zero-order chi connectivity index (χ0) is 16.4. The van der Waals surface area contributed by atoms with Crippen LogP contribution in [0, 0.1) is 0 Å². The first-order valence-corrected chi connectivity index (χ1v) is 7.34. The normalized spacial score (nSPS) is 16.6. The van der Waals surface area contributed by atoms with Gasteiger partial charge in [-0.3, -0.25) is 0 Å². The molecule has 1 atom stereocenters. The van der Waals surface area contributed by atoms with Crippen molar-refractivity contribution >= 4 is 11.9 Å². The van der Waals surface area contributed by atoms with Crippen LogP contribution in [0.25, 0.3) is 0 Å². The summed E-state index contributed by atoms with van der Waals surface area (Å²) in [5, 5.41) is 7.35. The van der Waals surface area contributed by atoms with Crippen molar-refractivity contribution in [2.75, 3.05) is 19.0 Å². The van der Waals surface area contributed by atoms with Crippen LogP contribution in [0.4, 0.5) is 5.95 Å². The van der Waals surface area contributed by atoms with E-state index in [2.05, 4.69) is 15.4 Å². The highest BCUT2D eigenvalue weighted by atomic mass is 16.5. The molecule has 1 aliphatic rings. The van der Waals surface area contributed by atoms with E-state index in [0.29, 0.717) is 29.6 Å². The summed E-state index contributed by atoms with van der Waals surface area (Å²) in [5.41, 5.74) is 2.09. The number of allylic oxidation sites excluding steroid dienone is 1. The molecule has 1 aromatic carbocycles. The number of methoxy groups -OCH3 is 1. The molecule has 2 aromatic rings. The fourth-order valence-electron chi connectivity index (χ4n) is 2.68. The van der Waals surface area contributed by atoms with E-state index in [-0.39, 0.29) is 5.97 Å². The molecule has 120 valence electrons. The number of nitrogens with zero attached hydrogens (tertiary/aromatic N) is 3. The summed E-state index contributed by atoms with van der Waals surface area (Å²) in [7, 11) is 1.61. The quantitative estimate of drug-likeness (QED) is 0.871. The van der Waals surface area contributed by atoms with Crippen LogP contribution in [-0.2, 0) is 9.53 Å². The van der Waals surface area contributed by atoms with E-state index in [1.54, 1.807) is 18.7 Å². The molecule has 0 radical (unpaired) electrons. The fourth-order valence-corrected chi connectivity index (χ4v) is 2.68. The summed E-state index contributed by atoms with van der Waals surface area (Å²) in [6.45, 7) is 3.92. The third-order valence-electron chi connectivity index (χ3n) is 3.70. The number of carbonyl (C=O) groups is 1. The van der Waals surface area contributed by atoms with Gasteiger partial charge in [-0.1, -0.05) is 12.1 Å². The van der Waals surface area contributed by atoms with Crippen molar-refractivity contribution < 1.29 is 14.3 Å². The van der Waals surface area contributed by atoms with Crippen molar-refractivity contribution in [1.82, 2.24) is 14.8 Å². The number of fused-ring (bicyclic) bond motifs is 1. The van der Waals surface area contributed by atoms with Crippen LogP contribution in [-0.4, -0.2) is 34.5 Å². The number of rotatable bonds is 4. The molecule has 1 aromatic heterocycles. The van der Waals surface area contributed by atoms with Gasteiger partial charge in [-0.15, -0.1) is 0 Å². The van der Waals surface area contributed by atoms with Gasteiger partial charge < -0.3 is 14.8 Å². The molecule has 1 N–H and O–H groups in total.